The molecule has 0 radical (unpaired) electrons. The van der Waals surface area contributed by atoms with Crippen LogP contribution in [0.25, 0.3) is 0 Å². The summed E-state index contributed by atoms with van der Waals surface area (Å²) in [6.45, 7) is 4.06. The predicted molar refractivity (Wildman–Crippen MR) is 104 cm³/mol. The number of carbonyl (C=O) groups is 1. The van der Waals surface area contributed by atoms with E-state index in [9.17, 15) is 13.2 Å². The highest BCUT2D eigenvalue weighted by Gasteiger charge is 2.54. The first-order valence-corrected chi connectivity index (χ1v) is 10.7. The summed E-state index contributed by atoms with van der Waals surface area (Å²) in [7, 11) is -3.17. The van der Waals surface area contributed by atoms with E-state index in [1.165, 1.54) is 5.56 Å². The van der Waals surface area contributed by atoms with Gasteiger partial charge >= 0.3 is 6.03 Å². The number of hydrogen-bond acceptors (Lipinski definition) is 3. The topological polar surface area (TPSA) is 57.7 Å². The Hall–Kier alpha value is -2.34. The van der Waals surface area contributed by atoms with Crippen LogP contribution in [0.15, 0.2) is 48.5 Å². The molecule has 2 amide bonds. The monoisotopic (exact) mass is 370 g/mol. The van der Waals surface area contributed by atoms with E-state index in [0.717, 1.165) is 23.4 Å². The van der Waals surface area contributed by atoms with E-state index in [2.05, 4.69) is 6.92 Å². The summed E-state index contributed by atoms with van der Waals surface area (Å²) in [5, 5.41) is 0. The van der Waals surface area contributed by atoms with Crippen LogP contribution in [0.5, 0.6) is 0 Å². The molecule has 2 aromatic carbocycles. The SMILES string of the molecule is CCc1ccc(N2C(=O)N(c3ccc(C)cc3)C3CS(=O)(=O)CC32)cc1. The Kier molecular flexibility index (Phi) is 4.03. The molecule has 2 saturated heterocycles. The number of urea groups is 1. The molecule has 4 rings (SSSR count). The van der Waals surface area contributed by atoms with Gasteiger partial charge in [-0.2, -0.15) is 0 Å². The fourth-order valence-electron chi connectivity index (χ4n) is 3.90. The fourth-order valence-corrected chi connectivity index (χ4v) is 5.82. The van der Waals surface area contributed by atoms with Crippen LogP contribution in [-0.4, -0.2) is 38.0 Å². The molecular weight excluding hydrogens is 348 g/mol. The molecule has 2 unspecified atom stereocenters. The molecule has 2 aliphatic rings. The third-order valence-corrected chi connectivity index (χ3v) is 7.00. The van der Waals surface area contributed by atoms with Crippen LogP contribution < -0.4 is 9.80 Å². The van der Waals surface area contributed by atoms with E-state index in [4.69, 9.17) is 0 Å². The molecule has 0 bridgehead atoms. The number of carbonyl (C=O) groups excluding carboxylic acids is 1. The van der Waals surface area contributed by atoms with Crippen LogP contribution in [0.2, 0.25) is 0 Å². The van der Waals surface area contributed by atoms with Gasteiger partial charge in [0.2, 0.25) is 0 Å². The number of sulfone groups is 1. The van der Waals surface area contributed by atoms with Gasteiger partial charge in [-0.3, -0.25) is 9.80 Å². The molecule has 0 N–H and O–H groups in total. The lowest BCUT2D eigenvalue weighted by Gasteiger charge is -2.23. The van der Waals surface area contributed by atoms with E-state index in [1.54, 1.807) is 9.80 Å². The van der Waals surface area contributed by atoms with Gasteiger partial charge < -0.3 is 0 Å². The molecule has 2 atom stereocenters. The van der Waals surface area contributed by atoms with E-state index in [1.807, 2.05) is 55.5 Å². The first-order valence-electron chi connectivity index (χ1n) is 8.88. The maximum absolute atomic E-state index is 13.2. The third kappa shape index (κ3) is 2.78. The molecule has 0 spiro atoms. The number of aryl methyl sites for hydroxylation is 2. The Morgan fingerprint density at radius 1 is 0.885 bits per heavy atom. The van der Waals surface area contributed by atoms with Gasteiger partial charge in [-0.05, 0) is 43.2 Å². The quantitative estimate of drug-likeness (QED) is 0.780. The maximum Gasteiger partial charge on any atom is 0.329 e. The number of anilines is 2. The normalized spacial score (nSPS) is 24.2. The Labute approximate surface area is 154 Å². The minimum atomic E-state index is -3.17. The molecule has 0 aliphatic carbocycles. The average molecular weight is 370 g/mol. The van der Waals surface area contributed by atoms with Crippen molar-refractivity contribution in [3.8, 4) is 0 Å². The Morgan fingerprint density at radius 2 is 1.35 bits per heavy atom. The van der Waals surface area contributed by atoms with E-state index in [-0.39, 0.29) is 29.6 Å². The van der Waals surface area contributed by atoms with Crippen LogP contribution in [-0.2, 0) is 16.3 Å². The number of nitrogens with zero attached hydrogens (tertiary/aromatic N) is 2. The molecule has 0 saturated carbocycles. The first-order chi connectivity index (χ1) is 12.4. The lowest BCUT2D eigenvalue weighted by molar-refractivity contribution is 0.255. The molecular formula is C20H22N2O3S. The molecule has 26 heavy (non-hydrogen) atoms. The fraction of sp³-hybridized carbons (Fsp3) is 0.350. The summed E-state index contributed by atoms with van der Waals surface area (Å²) in [6, 6.07) is 14.6. The van der Waals surface area contributed by atoms with Gasteiger partial charge in [-0.15, -0.1) is 0 Å². The van der Waals surface area contributed by atoms with Crippen LogP contribution in [0.1, 0.15) is 18.1 Å². The van der Waals surface area contributed by atoms with Crippen molar-refractivity contribution in [3.63, 3.8) is 0 Å². The molecule has 2 fully saturated rings. The average Bonchev–Trinajstić information content (AvgIpc) is 3.05. The number of rotatable bonds is 3. The molecule has 6 heteroatoms. The minimum absolute atomic E-state index is 0.0147. The molecule has 2 aromatic rings. The van der Waals surface area contributed by atoms with Crippen molar-refractivity contribution in [2.75, 3.05) is 21.3 Å². The van der Waals surface area contributed by atoms with Crippen LogP contribution in [0.4, 0.5) is 16.2 Å². The van der Waals surface area contributed by atoms with Crippen LogP contribution in [0.3, 0.4) is 0 Å². The minimum Gasteiger partial charge on any atom is -0.288 e. The van der Waals surface area contributed by atoms with Crippen molar-refractivity contribution >= 4 is 27.2 Å². The van der Waals surface area contributed by atoms with Gasteiger partial charge in [-0.25, -0.2) is 13.2 Å². The van der Waals surface area contributed by atoms with Gasteiger partial charge in [0, 0.05) is 11.4 Å². The number of hydrogen-bond donors (Lipinski definition) is 0. The second-order valence-electron chi connectivity index (χ2n) is 7.09. The lowest BCUT2D eigenvalue weighted by Crippen LogP contribution is -2.37. The van der Waals surface area contributed by atoms with Crippen molar-refractivity contribution < 1.29 is 13.2 Å². The Morgan fingerprint density at radius 3 is 1.81 bits per heavy atom. The van der Waals surface area contributed by atoms with Crippen LogP contribution >= 0.6 is 0 Å². The van der Waals surface area contributed by atoms with Crippen molar-refractivity contribution in [1.29, 1.82) is 0 Å². The summed E-state index contributed by atoms with van der Waals surface area (Å²) in [5.41, 5.74) is 3.80. The highest BCUT2D eigenvalue weighted by atomic mass is 32.2. The molecule has 5 nitrogen and oxygen atoms in total. The van der Waals surface area contributed by atoms with Gasteiger partial charge in [0.05, 0.1) is 23.6 Å². The summed E-state index contributed by atoms with van der Waals surface area (Å²) in [6.07, 6.45) is 0.921. The number of amides is 2. The highest BCUT2D eigenvalue weighted by molar-refractivity contribution is 7.91. The zero-order valence-electron chi connectivity index (χ0n) is 14.9. The van der Waals surface area contributed by atoms with Crippen molar-refractivity contribution in [2.24, 2.45) is 0 Å². The van der Waals surface area contributed by atoms with Crippen molar-refractivity contribution in [2.45, 2.75) is 32.4 Å². The van der Waals surface area contributed by atoms with E-state index < -0.39 is 9.84 Å². The summed E-state index contributed by atoms with van der Waals surface area (Å²) in [5.74, 6) is 0.0299. The largest absolute Gasteiger partial charge is 0.329 e. The lowest BCUT2D eigenvalue weighted by atomic mass is 10.1. The van der Waals surface area contributed by atoms with E-state index in [0.29, 0.717) is 0 Å². The number of benzene rings is 2. The highest BCUT2D eigenvalue weighted by Crippen LogP contribution is 2.38. The van der Waals surface area contributed by atoms with Crippen LogP contribution in [0, 0.1) is 6.92 Å². The zero-order valence-corrected chi connectivity index (χ0v) is 15.7. The van der Waals surface area contributed by atoms with E-state index >= 15 is 0 Å². The van der Waals surface area contributed by atoms with Gasteiger partial charge in [0.1, 0.15) is 0 Å². The molecule has 136 valence electrons. The predicted octanol–water partition coefficient (Wildman–Crippen LogP) is 3.17. The smallest absolute Gasteiger partial charge is 0.288 e. The van der Waals surface area contributed by atoms with Crippen molar-refractivity contribution in [1.82, 2.24) is 0 Å². The van der Waals surface area contributed by atoms with Gasteiger partial charge in [-0.1, -0.05) is 36.8 Å². The second-order valence-corrected chi connectivity index (χ2v) is 9.24. The molecule has 2 aliphatic heterocycles. The first kappa shape index (κ1) is 17.1. The maximum atomic E-state index is 13.2. The Balaban J connectivity index is 1.77. The standard InChI is InChI=1S/C20H22N2O3S/c1-3-15-6-10-17(11-7-15)22-19-13-26(24,25)12-18(19)21(20(22)23)16-8-4-14(2)5-9-16/h4-11,18-19H,3,12-13H2,1-2H3. The molecule has 0 aromatic heterocycles. The Bertz CT molecular complexity index is 936. The second kappa shape index (κ2) is 6.13. The number of fused-ring (bicyclic) bond motifs is 1. The van der Waals surface area contributed by atoms with Crippen molar-refractivity contribution in [3.05, 3.63) is 59.7 Å². The summed E-state index contributed by atoms with van der Waals surface area (Å²) < 4.78 is 24.6. The van der Waals surface area contributed by atoms with Gasteiger partial charge in [0.25, 0.3) is 0 Å². The summed E-state index contributed by atoms with van der Waals surface area (Å²) in [4.78, 5) is 16.5. The molecule has 2 heterocycles. The zero-order chi connectivity index (χ0) is 18.5. The third-order valence-electron chi connectivity index (χ3n) is 5.30. The van der Waals surface area contributed by atoms with Gasteiger partial charge in [0.15, 0.2) is 9.84 Å². The summed E-state index contributed by atoms with van der Waals surface area (Å²) >= 11 is 0.